The van der Waals surface area contributed by atoms with E-state index in [9.17, 15) is 9.18 Å². The van der Waals surface area contributed by atoms with Gasteiger partial charge in [-0.05, 0) is 26.0 Å². The SMILES string of the molecule is CCN(C(=O)c1cccc(F)c1NN)C(C)COC. The van der Waals surface area contributed by atoms with Crippen LogP contribution in [0.2, 0.25) is 0 Å². The number of benzene rings is 1. The van der Waals surface area contributed by atoms with Gasteiger partial charge in [-0.1, -0.05) is 6.07 Å². The fraction of sp³-hybridized carbons (Fsp3) is 0.462. The van der Waals surface area contributed by atoms with Crippen LogP contribution in [0.25, 0.3) is 0 Å². The second-order valence-electron chi connectivity index (χ2n) is 4.20. The molecule has 1 unspecified atom stereocenters. The highest BCUT2D eigenvalue weighted by Gasteiger charge is 2.23. The lowest BCUT2D eigenvalue weighted by atomic mass is 10.1. The molecule has 1 amide bonds. The Morgan fingerprint density at radius 1 is 1.58 bits per heavy atom. The van der Waals surface area contributed by atoms with E-state index in [0.717, 1.165) is 0 Å². The average Bonchev–Trinajstić information content (AvgIpc) is 2.39. The number of nitrogens with two attached hydrogens (primary N) is 1. The van der Waals surface area contributed by atoms with Crippen molar-refractivity contribution in [3.63, 3.8) is 0 Å². The van der Waals surface area contributed by atoms with E-state index in [0.29, 0.717) is 13.2 Å². The first-order chi connectivity index (χ1) is 9.06. The maximum absolute atomic E-state index is 13.6. The standard InChI is InChI=1S/C13H20FN3O2/c1-4-17(9(2)8-19-3)13(18)10-6-5-7-11(14)12(10)16-15/h5-7,9,16H,4,8,15H2,1-3H3. The molecule has 0 saturated carbocycles. The smallest absolute Gasteiger partial charge is 0.256 e. The van der Waals surface area contributed by atoms with Crippen LogP contribution in [-0.4, -0.2) is 37.1 Å². The summed E-state index contributed by atoms with van der Waals surface area (Å²) in [5.41, 5.74) is 2.47. The number of methoxy groups -OCH3 is 1. The predicted molar refractivity (Wildman–Crippen MR) is 72.3 cm³/mol. The Morgan fingerprint density at radius 2 is 2.26 bits per heavy atom. The fourth-order valence-electron chi connectivity index (χ4n) is 1.99. The van der Waals surface area contributed by atoms with Crippen LogP contribution in [-0.2, 0) is 4.74 Å². The third-order valence-electron chi connectivity index (χ3n) is 2.93. The molecular weight excluding hydrogens is 249 g/mol. The van der Waals surface area contributed by atoms with Crippen molar-refractivity contribution < 1.29 is 13.9 Å². The van der Waals surface area contributed by atoms with Crippen LogP contribution in [0.1, 0.15) is 24.2 Å². The summed E-state index contributed by atoms with van der Waals surface area (Å²) in [4.78, 5) is 14.0. The monoisotopic (exact) mass is 269 g/mol. The van der Waals surface area contributed by atoms with Gasteiger partial charge in [-0.25, -0.2) is 4.39 Å². The Labute approximate surface area is 112 Å². The maximum Gasteiger partial charge on any atom is 0.256 e. The number of nitrogens with one attached hydrogen (secondary N) is 1. The number of carbonyl (C=O) groups is 1. The first kappa shape index (κ1) is 15.4. The van der Waals surface area contributed by atoms with Crippen molar-refractivity contribution in [2.75, 3.05) is 25.7 Å². The molecule has 0 radical (unpaired) electrons. The van der Waals surface area contributed by atoms with Gasteiger partial charge in [0.2, 0.25) is 0 Å². The first-order valence-electron chi connectivity index (χ1n) is 6.11. The number of anilines is 1. The second-order valence-corrected chi connectivity index (χ2v) is 4.20. The van der Waals surface area contributed by atoms with Gasteiger partial charge in [0.05, 0.1) is 23.9 Å². The summed E-state index contributed by atoms with van der Waals surface area (Å²) in [6.07, 6.45) is 0. The second kappa shape index (κ2) is 7.06. The summed E-state index contributed by atoms with van der Waals surface area (Å²) < 4.78 is 18.6. The number of likely N-dealkylation sites (N-methyl/N-ethyl adjacent to an activating group) is 1. The van der Waals surface area contributed by atoms with Gasteiger partial charge in [0.15, 0.2) is 0 Å². The molecule has 1 atom stereocenters. The topological polar surface area (TPSA) is 67.6 Å². The summed E-state index contributed by atoms with van der Waals surface area (Å²) in [5, 5.41) is 0. The third kappa shape index (κ3) is 3.42. The number of rotatable bonds is 6. The summed E-state index contributed by atoms with van der Waals surface area (Å²) in [7, 11) is 1.57. The van der Waals surface area contributed by atoms with Gasteiger partial charge in [0, 0.05) is 13.7 Å². The minimum absolute atomic E-state index is 0.00978. The van der Waals surface area contributed by atoms with Gasteiger partial charge >= 0.3 is 0 Å². The van der Waals surface area contributed by atoms with Gasteiger partial charge in [0.1, 0.15) is 5.82 Å². The van der Waals surface area contributed by atoms with Crippen LogP contribution in [0.3, 0.4) is 0 Å². The Hall–Kier alpha value is -1.66. The summed E-state index contributed by atoms with van der Waals surface area (Å²) >= 11 is 0. The molecule has 0 aliphatic carbocycles. The molecule has 106 valence electrons. The van der Waals surface area contributed by atoms with Crippen molar-refractivity contribution in [3.8, 4) is 0 Å². The largest absolute Gasteiger partial charge is 0.383 e. The highest BCUT2D eigenvalue weighted by atomic mass is 19.1. The lowest BCUT2D eigenvalue weighted by Gasteiger charge is -2.28. The van der Waals surface area contributed by atoms with Crippen LogP contribution in [0.15, 0.2) is 18.2 Å². The minimum Gasteiger partial charge on any atom is -0.383 e. The molecule has 3 N–H and O–H groups in total. The number of nitrogens with zero attached hydrogens (tertiary/aromatic N) is 1. The van der Waals surface area contributed by atoms with Crippen molar-refractivity contribution >= 4 is 11.6 Å². The van der Waals surface area contributed by atoms with E-state index in [1.165, 1.54) is 12.1 Å². The number of hydrogen-bond acceptors (Lipinski definition) is 4. The van der Waals surface area contributed by atoms with E-state index >= 15 is 0 Å². The minimum atomic E-state index is -0.552. The summed E-state index contributed by atoms with van der Waals surface area (Å²) in [6, 6.07) is 4.18. The number of carbonyl (C=O) groups excluding carboxylic acids is 1. The van der Waals surface area contributed by atoms with Gasteiger partial charge < -0.3 is 15.1 Å². The molecule has 0 aromatic heterocycles. The number of hydrazine groups is 1. The molecule has 19 heavy (non-hydrogen) atoms. The number of nitrogen functional groups attached to an aromatic ring is 1. The average molecular weight is 269 g/mol. The van der Waals surface area contributed by atoms with E-state index < -0.39 is 5.82 Å². The van der Waals surface area contributed by atoms with Crippen molar-refractivity contribution in [1.82, 2.24) is 4.90 Å². The number of ether oxygens (including phenoxy) is 1. The van der Waals surface area contributed by atoms with Gasteiger partial charge in [0.25, 0.3) is 5.91 Å². The molecule has 0 fully saturated rings. The Balaban J connectivity index is 3.07. The van der Waals surface area contributed by atoms with Crippen molar-refractivity contribution in [3.05, 3.63) is 29.6 Å². The van der Waals surface area contributed by atoms with Gasteiger partial charge in [-0.3, -0.25) is 10.6 Å². The van der Waals surface area contributed by atoms with E-state index in [1.807, 2.05) is 13.8 Å². The molecule has 0 saturated heterocycles. The molecule has 1 rings (SSSR count). The van der Waals surface area contributed by atoms with E-state index in [-0.39, 0.29) is 23.2 Å². The van der Waals surface area contributed by atoms with Crippen LogP contribution in [0, 0.1) is 5.82 Å². The first-order valence-corrected chi connectivity index (χ1v) is 6.11. The molecule has 5 nitrogen and oxygen atoms in total. The normalized spacial score (nSPS) is 12.1. The van der Waals surface area contributed by atoms with Crippen LogP contribution < -0.4 is 11.3 Å². The van der Waals surface area contributed by atoms with E-state index in [4.69, 9.17) is 10.6 Å². The van der Waals surface area contributed by atoms with Crippen molar-refractivity contribution in [2.24, 2.45) is 5.84 Å². The molecule has 1 aromatic rings. The zero-order valence-corrected chi connectivity index (χ0v) is 11.4. The molecule has 0 bridgehead atoms. The molecule has 0 heterocycles. The Morgan fingerprint density at radius 3 is 2.79 bits per heavy atom. The molecule has 1 aromatic carbocycles. The van der Waals surface area contributed by atoms with E-state index in [1.54, 1.807) is 18.1 Å². The summed E-state index contributed by atoms with van der Waals surface area (Å²) in [5.74, 6) is 4.45. The number of hydrogen-bond donors (Lipinski definition) is 2. The number of halogens is 1. The zero-order valence-electron chi connectivity index (χ0n) is 11.4. The van der Waals surface area contributed by atoms with E-state index in [2.05, 4.69) is 5.43 Å². The van der Waals surface area contributed by atoms with Crippen molar-refractivity contribution in [1.29, 1.82) is 0 Å². The van der Waals surface area contributed by atoms with Crippen molar-refractivity contribution in [2.45, 2.75) is 19.9 Å². The number of amides is 1. The highest BCUT2D eigenvalue weighted by molar-refractivity contribution is 5.99. The molecule has 0 spiro atoms. The molecule has 6 heteroatoms. The summed E-state index contributed by atoms with van der Waals surface area (Å²) in [6.45, 7) is 4.66. The molecule has 0 aliphatic heterocycles. The molecular formula is C13H20FN3O2. The van der Waals surface area contributed by atoms with Crippen LogP contribution in [0.5, 0.6) is 0 Å². The third-order valence-corrected chi connectivity index (χ3v) is 2.93. The quantitative estimate of drug-likeness (QED) is 0.608. The Bertz CT molecular complexity index is 440. The van der Waals surface area contributed by atoms with Gasteiger partial charge in [-0.15, -0.1) is 0 Å². The lowest BCUT2D eigenvalue weighted by molar-refractivity contribution is 0.0580. The Kier molecular flexibility index (Phi) is 5.72. The predicted octanol–water partition coefficient (Wildman–Crippen LogP) is 1.61. The fourth-order valence-corrected chi connectivity index (χ4v) is 1.99. The van der Waals surface area contributed by atoms with Gasteiger partial charge in [-0.2, -0.15) is 0 Å². The lowest BCUT2D eigenvalue weighted by Crippen LogP contribution is -2.41. The van der Waals surface area contributed by atoms with Crippen LogP contribution >= 0.6 is 0 Å². The maximum atomic E-state index is 13.6. The molecule has 0 aliphatic rings. The zero-order chi connectivity index (χ0) is 14.4. The number of para-hydroxylation sites is 1. The highest BCUT2D eigenvalue weighted by Crippen LogP contribution is 2.21. The van der Waals surface area contributed by atoms with Crippen LogP contribution in [0.4, 0.5) is 10.1 Å².